The van der Waals surface area contributed by atoms with Gasteiger partial charge in [-0.3, -0.25) is 9.59 Å². The zero-order valence-electron chi connectivity index (χ0n) is 10.5. The number of carbonyl (C=O) groups is 2. The van der Waals surface area contributed by atoms with Crippen LogP contribution in [0.2, 0.25) is 0 Å². The molecular weight excluding hydrogens is 218 g/mol. The Balaban J connectivity index is 1.94. The summed E-state index contributed by atoms with van der Waals surface area (Å²) >= 11 is 0. The molecule has 2 fully saturated rings. The van der Waals surface area contributed by atoms with Crippen LogP contribution in [-0.4, -0.2) is 23.0 Å². The first-order valence-corrected chi connectivity index (χ1v) is 6.52. The summed E-state index contributed by atoms with van der Waals surface area (Å²) in [5, 5.41) is 12.1. The van der Waals surface area contributed by atoms with Gasteiger partial charge in [-0.2, -0.15) is 0 Å². The number of nitrogens with one attached hydrogen (secondary N) is 1. The summed E-state index contributed by atoms with van der Waals surface area (Å²) in [5.41, 5.74) is 0. The van der Waals surface area contributed by atoms with E-state index in [-0.39, 0.29) is 17.9 Å². The van der Waals surface area contributed by atoms with Crippen LogP contribution in [0.15, 0.2) is 0 Å². The molecule has 17 heavy (non-hydrogen) atoms. The van der Waals surface area contributed by atoms with Gasteiger partial charge in [0.1, 0.15) is 0 Å². The lowest BCUT2D eigenvalue weighted by Crippen LogP contribution is -2.40. The molecule has 1 amide bonds. The molecule has 4 atom stereocenters. The van der Waals surface area contributed by atoms with E-state index in [9.17, 15) is 9.59 Å². The van der Waals surface area contributed by atoms with Crippen molar-refractivity contribution in [2.24, 2.45) is 23.7 Å². The van der Waals surface area contributed by atoms with Crippen molar-refractivity contribution < 1.29 is 14.7 Å². The van der Waals surface area contributed by atoms with Crippen LogP contribution in [0.1, 0.15) is 39.5 Å². The molecule has 0 aliphatic heterocycles. The van der Waals surface area contributed by atoms with Crippen LogP contribution < -0.4 is 5.32 Å². The fourth-order valence-electron chi connectivity index (χ4n) is 2.90. The second-order valence-corrected chi connectivity index (χ2v) is 5.76. The van der Waals surface area contributed by atoms with Crippen LogP contribution in [0.25, 0.3) is 0 Å². The molecule has 0 radical (unpaired) electrons. The maximum absolute atomic E-state index is 12.1. The molecule has 2 unspecified atom stereocenters. The zero-order chi connectivity index (χ0) is 12.6. The van der Waals surface area contributed by atoms with Crippen molar-refractivity contribution in [2.75, 3.05) is 0 Å². The Labute approximate surface area is 102 Å². The third kappa shape index (κ3) is 2.79. The second kappa shape index (κ2) is 4.67. The fraction of sp³-hybridized carbons (Fsp3) is 0.846. The van der Waals surface area contributed by atoms with Gasteiger partial charge < -0.3 is 10.4 Å². The Bertz CT molecular complexity index is 325. The highest BCUT2D eigenvalue weighted by Gasteiger charge is 2.42. The Hall–Kier alpha value is -1.06. The van der Waals surface area contributed by atoms with Crippen molar-refractivity contribution in [3.8, 4) is 0 Å². The molecule has 0 aromatic carbocycles. The number of carbonyl (C=O) groups excluding carboxylic acids is 1. The van der Waals surface area contributed by atoms with E-state index >= 15 is 0 Å². The van der Waals surface area contributed by atoms with Crippen LogP contribution in [0, 0.1) is 23.7 Å². The SMILES string of the molecule is CC1C[C@H](C(=O)NC(C)C2CC2)[C@H](C(=O)O)C1. The van der Waals surface area contributed by atoms with Crippen molar-refractivity contribution >= 4 is 11.9 Å². The van der Waals surface area contributed by atoms with Gasteiger partial charge in [-0.1, -0.05) is 6.92 Å². The lowest BCUT2D eigenvalue weighted by molar-refractivity contribution is -0.146. The summed E-state index contributed by atoms with van der Waals surface area (Å²) in [7, 11) is 0. The van der Waals surface area contributed by atoms with Crippen LogP contribution in [-0.2, 0) is 9.59 Å². The largest absolute Gasteiger partial charge is 0.481 e. The van der Waals surface area contributed by atoms with Crippen molar-refractivity contribution in [1.82, 2.24) is 5.32 Å². The van der Waals surface area contributed by atoms with E-state index < -0.39 is 11.9 Å². The molecule has 2 aliphatic rings. The fourth-order valence-corrected chi connectivity index (χ4v) is 2.90. The maximum atomic E-state index is 12.1. The van der Waals surface area contributed by atoms with Crippen molar-refractivity contribution in [2.45, 2.75) is 45.6 Å². The van der Waals surface area contributed by atoms with Crippen molar-refractivity contribution in [3.05, 3.63) is 0 Å². The molecule has 4 nitrogen and oxygen atoms in total. The van der Waals surface area contributed by atoms with Gasteiger partial charge in [0, 0.05) is 6.04 Å². The molecule has 2 aliphatic carbocycles. The van der Waals surface area contributed by atoms with Gasteiger partial charge in [0.25, 0.3) is 0 Å². The topological polar surface area (TPSA) is 66.4 Å². The molecule has 96 valence electrons. The number of amides is 1. The third-order valence-electron chi connectivity index (χ3n) is 4.15. The van der Waals surface area contributed by atoms with Crippen LogP contribution in [0.5, 0.6) is 0 Å². The predicted octanol–water partition coefficient (Wildman–Crippen LogP) is 1.65. The monoisotopic (exact) mass is 239 g/mol. The summed E-state index contributed by atoms with van der Waals surface area (Å²) < 4.78 is 0. The van der Waals surface area contributed by atoms with Gasteiger partial charge in [0.2, 0.25) is 5.91 Å². The highest BCUT2D eigenvalue weighted by Crippen LogP contribution is 2.37. The smallest absolute Gasteiger partial charge is 0.307 e. The molecular formula is C13H21NO3. The molecule has 0 aromatic heterocycles. The standard InChI is InChI=1S/C13H21NO3/c1-7-5-10(11(6-7)13(16)17)12(15)14-8(2)9-3-4-9/h7-11H,3-6H2,1-2H3,(H,14,15)(H,16,17)/t7?,8?,10-,11+/m0/s1. The van der Waals surface area contributed by atoms with E-state index in [2.05, 4.69) is 5.32 Å². The van der Waals surface area contributed by atoms with Crippen molar-refractivity contribution in [1.29, 1.82) is 0 Å². The molecule has 0 saturated heterocycles. The van der Waals surface area contributed by atoms with Gasteiger partial charge in [-0.15, -0.1) is 0 Å². The Morgan fingerprint density at radius 2 is 1.82 bits per heavy atom. The van der Waals surface area contributed by atoms with E-state index in [1.54, 1.807) is 0 Å². The third-order valence-corrected chi connectivity index (χ3v) is 4.15. The van der Waals surface area contributed by atoms with Gasteiger partial charge >= 0.3 is 5.97 Å². The molecule has 2 N–H and O–H groups in total. The van der Waals surface area contributed by atoms with Crippen LogP contribution in [0.3, 0.4) is 0 Å². The average Bonchev–Trinajstić information content (AvgIpc) is 3.01. The summed E-state index contributed by atoms with van der Waals surface area (Å²) in [6.45, 7) is 4.04. The molecule has 0 bridgehead atoms. The lowest BCUT2D eigenvalue weighted by Gasteiger charge is -2.19. The number of rotatable bonds is 4. The average molecular weight is 239 g/mol. The second-order valence-electron chi connectivity index (χ2n) is 5.76. The van der Waals surface area contributed by atoms with E-state index in [1.807, 2.05) is 13.8 Å². The molecule has 0 heterocycles. The van der Waals surface area contributed by atoms with E-state index in [0.717, 1.165) is 0 Å². The highest BCUT2D eigenvalue weighted by molar-refractivity contribution is 5.85. The van der Waals surface area contributed by atoms with Gasteiger partial charge in [-0.05, 0) is 44.4 Å². The normalized spacial score (nSPS) is 34.4. The summed E-state index contributed by atoms with van der Waals surface area (Å²) in [5.74, 6) is -0.751. The number of carboxylic acids is 1. The van der Waals surface area contributed by atoms with Gasteiger partial charge in [0.15, 0.2) is 0 Å². The zero-order valence-corrected chi connectivity index (χ0v) is 10.5. The number of hydrogen-bond acceptors (Lipinski definition) is 2. The van der Waals surface area contributed by atoms with E-state index in [0.29, 0.717) is 24.7 Å². The summed E-state index contributed by atoms with van der Waals surface area (Å²) in [6.07, 6.45) is 3.71. The van der Waals surface area contributed by atoms with E-state index in [1.165, 1.54) is 12.8 Å². The minimum atomic E-state index is -0.825. The number of hydrogen-bond donors (Lipinski definition) is 2. The quantitative estimate of drug-likeness (QED) is 0.784. The minimum Gasteiger partial charge on any atom is -0.481 e. The highest BCUT2D eigenvalue weighted by atomic mass is 16.4. The Kier molecular flexibility index (Phi) is 3.40. The number of carboxylic acid groups (broad SMARTS) is 1. The molecule has 2 rings (SSSR count). The van der Waals surface area contributed by atoms with Crippen LogP contribution in [0.4, 0.5) is 0 Å². The predicted molar refractivity (Wildman–Crippen MR) is 63.3 cm³/mol. The lowest BCUT2D eigenvalue weighted by atomic mass is 9.95. The Morgan fingerprint density at radius 1 is 1.24 bits per heavy atom. The molecule has 4 heteroatoms. The Morgan fingerprint density at radius 3 is 2.35 bits per heavy atom. The number of aliphatic carboxylic acids is 1. The first-order chi connectivity index (χ1) is 7.99. The van der Waals surface area contributed by atoms with Gasteiger partial charge in [0.05, 0.1) is 11.8 Å². The summed E-state index contributed by atoms with van der Waals surface area (Å²) in [6, 6.07) is 0.202. The minimum absolute atomic E-state index is 0.0545. The first-order valence-electron chi connectivity index (χ1n) is 6.52. The summed E-state index contributed by atoms with van der Waals surface area (Å²) in [4.78, 5) is 23.2. The van der Waals surface area contributed by atoms with Crippen LogP contribution >= 0.6 is 0 Å². The van der Waals surface area contributed by atoms with E-state index in [4.69, 9.17) is 5.11 Å². The molecule has 0 spiro atoms. The molecule has 2 saturated carbocycles. The molecule has 0 aromatic rings. The first kappa shape index (κ1) is 12.4. The van der Waals surface area contributed by atoms with Crippen molar-refractivity contribution in [3.63, 3.8) is 0 Å². The van der Waals surface area contributed by atoms with Gasteiger partial charge in [-0.25, -0.2) is 0 Å². The maximum Gasteiger partial charge on any atom is 0.307 e.